The van der Waals surface area contributed by atoms with E-state index < -0.39 is 11.9 Å². The molecule has 0 radical (unpaired) electrons. The van der Waals surface area contributed by atoms with Gasteiger partial charge in [0.25, 0.3) is 5.91 Å². The molecule has 1 amide bonds. The molecule has 0 aliphatic heterocycles. The summed E-state index contributed by atoms with van der Waals surface area (Å²) in [5.41, 5.74) is 7.07. The molecule has 1 aliphatic carbocycles. The van der Waals surface area contributed by atoms with E-state index in [2.05, 4.69) is 24.3 Å². The molecular formula is C15H18N4O3. The number of nitrogens with zero attached hydrogens (tertiary/aromatic N) is 2. The standard InChI is InChI=1S/C15H18N4O3/c1-8(15(2)3-4-15)18-12-10(13(16)20)6-17-19-7-9(14(21)22)5-11(12)19/h5-8,18H,3-4H2,1-2H3,(H2,16,20)(H,21,22). The first kappa shape index (κ1) is 14.4. The minimum Gasteiger partial charge on any atom is -0.478 e. The van der Waals surface area contributed by atoms with Crippen molar-refractivity contribution in [1.29, 1.82) is 0 Å². The van der Waals surface area contributed by atoms with E-state index in [1.807, 2.05) is 0 Å². The summed E-state index contributed by atoms with van der Waals surface area (Å²) in [6.07, 6.45) is 5.02. The van der Waals surface area contributed by atoms with Crippen LogP contribution in [0.4, 0.5) is 5.69 Å². The lowest BCUT2D eigenvalue weighted by Crippen LogP contribution is -2.27. The first-order valence-electron chi connectivity index (χ1n) is 7.13. The maximum atomic E-state index is 11.7. The van der Waals surface area contributed by atoms with Gasteiger partial charge in [0.1, 0.15) is 0 Å². The molecule has 0 aromatic carbocycles. The zero-order valence-corrected chi connectivity index (χ0v) is 12.5. The fourth-order valence-corrected chi connectivity index (χ4v) is 2.53. The lowest BCUT2D eigenvalue weighted by molar-refractivity contribution is 0.0696. The van der Waals surface area contributed by atoms with Crippen molar-refractivity contribution in [2.45, 2.75) is 32.7 Å². The third-order valence-electron chi connectivity index (χ3n) is 4.59. The smallest absolute Gasteiger partial charge is 0.337 e. The van der Waals surface area contributed by atoms with Crippen molar-refractivity contribution in [2.24, 2.45) is 11.1 Å². The lowest BCUT2D eigenvalue weighted by atomic mass is 10.00. The molecule has 116 valence electrons. The largest absolute Gasteiger partial charge is 0.478 e. The molecular weight excluding hydrogens is 284 g/mol. The van der Waals surface area contributed by atoms with E-state index in [1.54, 1.807) is 0 Å². The zero-order chi connectivity index (χ0) is 16.1. The van der Waals surface area contributed by atoms with E-state index in [0.717, 1.165) is 12.8 Å². The number of carbonyl (C=O) groups excluding carboxylic acids is 1. The van der Waals surface area contributed by atoms with Gasteiger partial charge in [-0.1, -0.05) is 6.92 Å². The second-order valence-electron chi connectivity index (χ2n) is 6.18. The molecule has 3 rings (SSSR count). The predicted octanol–water partition coefficient (Wildman–Crippen LogP) is 1.73. The highest BCUT2D eigenvalue weighted by Crippen LogP contribution is 2.49. The highest BCUT2D eigenvalue weighted by atomic mass is 16.4. The Bertz CT molecular complexity index is 776. The van der Waals surface area contributed by atoms with Crippen molar-refractivity contribution >= 4 is 23.1 Å². The van der Waals surface area contributed by atoms with Gasteiger partial charge in [-0.3, -0.25) is 4.79 Å². The summed E-state index contributed by atoms with van der Waals surface area (Å²) in [7, 11) is 0. The molecule has 7 heteroatoms. The maximum absolute atomic E-state index is 11.7. The summed E-state index contributed by atoms with van der Waals surface area (Å²) in [4.78, 5) is 22.8. The van der Waals surface area contributed by atoms with Crippen LogP contribution in [0.3, 0.4) is 0 Å². The second kappa shape index (κ2) is 4.72. The summed E-state index contributed by atoms with van der Waals surface area (Å²) in [6.45, 7) is 4.23. The van der Waals surface area contributed by atoms with Crippen LogP contribution in [-0.2, 0) is 0 Å². The molecule has 1 fully saturated rings. The number of aromatic carboxylic acids is 1. The molecule has 1 saturated carbocycles. The predicted molar refractivity (Wildman–Crippen MR) is 81.1 cm³/mol. The van der Waals surface area contributed by atoms with Crippen LogP contribution in [0.15, 0.2) is 18.5 Å². The van der Waals surface area contributed by atoms with Crippen LogP contribution in [0.5, 0.6) is 0 Å². The Morgan fingerprint density at radius 1 is 1.50 bits per heavy atom. The molecule has 0 spiro atoms. The van der Waals surface area contributed by atoms with Crippen LogP contribution in [0.1, 0.15) is 47.4 Å². The van der Waals surface area contributed by atoms with E-state index in [4.69, 9.17) is 10.8 Å². The van der Waals surface area contributed by atoms with E-state index in [9.17, 15) is 9.59 Å². The van der Waals surface area contributed by atoms with Crippen LogP contribution in [0.25, 0.3) is 5.52 Å². The number of carboxylic acid groups (broad SMARTS) is 1. The van der Waals surface area contributed by atoms with Crippen LogP contribution < -0.4 is 11.1 Å². The average molecular weight is 302 g/mol. The van der Waals surface area contributed by atoms with Crippen molar-refractivity contribution in [2.75, 3.05) is 5.32 Å². The zero-order valence-electron chi connectivity index (χ0n) is 12.5. The first-order valence-corrected chi connectivity index (χ1v) is 7.13. The van der Waals surface area contributed by atoms with Gasteiger partial charge in [-0.15, -0.1) is 0 Å². The molecule has 7 nitrogen and oxygen atoms in total. The van der Waals surface area contributed by atoms with Gasteiger partial charge in [-0.2, -0.15) is 5.10 Å². The van der Waals surface area contributed by atoms with Gasteiger partial charge in [0.05, 0.1) is 28.5 Å². The number of carbonyl (C=O) groups is 2. The quantitative estimate of drug-likeness (QED) is 0.779. The molecule has 4 N–H and O–H groups in total. The Labute approximate surface area is 127 Å². The van der Waals surface area contributed by atoms with Gasteiger partial charge in [-0.25, -0.2) is 9.31 Å². The number of anilines is 1. The van der Waals surface area contributed by atoms with E-state index in [-0.39, 0.29) is 22.6 Å². The highest BCUT2D eigenvalue weighted by Gasteiger charge is 2.43. The van der Waals surface area contributed by atoms with Gasteiger partial charge >= 0.3 is 5.97 Å². The Hall–Kier alpha value is -2.57. The van der Waals surface area contributed by atoms with Crippen molar-refractivity contribution in [1.82, 2.24) is 9.61 Å². The molecule has 1 unspecified atom stereocenters. The van der Waals surface area contributed by atoms with Gasteiger partial charge in [-0.05, 0) is 31.2 Å². The third-order valence-corrected chi connectivity index (χ3v) is 4.59. The molecule has 2 heterocycles. The van der Waals surface area contributed by atoms with Crippen molar-refractivity contribution in [3.05, 3.63) is 29.6 Å². The molecule has 0 saturated heterocycles. The Morgan fingerprint density at radius 2 is 2.18 bits per heavy atom. The number of hydrogen-bond donors (Lipinski definition) is 3. The lowest BCUT2D eigenvalue weighted by Gasteiger charge is -2.23. The number of hydrogen-bond acceptors (Lipinski definition) is 4. The Balaban J connectivity index is 2.12. The number of rotatable bonds is 5. The van der Waals surface area contributed by atoms with Crippen molar-refractivity contribution < 1.29 is 14.7 Å². The SMILES string of the molecule is CC(Nc1c(C(N)=O)cnn2cc(C(=O)O)cc12)C1(C)CC1. The fourth-order valence-electron chi connectivity index (χ4n) is 2.53. The van der Waals surface area contributed by atoms with E-state index in [0.29, 0.717) is 11.2 Å². The minimum absolute atomic E-state index is 0.113. The molecule has 2 aromatic rings. The normalized spacial score (nSPS) is 17.2. The summed E-state index contributed by atoms with van der Waals surface area (Å²) in [6, 6.07) is 1.63. The van der Waals surface area contributed by atoms with Crippen LogP contribution in [0.2, 0.25) is 0 Å². The number of amides is 1. The van der Waals surface area contributed by atoms with Crippen LogP contribution in [-0.4, -0.2) is 32.6 Å². The fraction of sp³-hybridized carbons (Fsp3) is 0.400. The molecule has 1 atom stereocenters. The molecule has 2 aromatic heterocycles. The van der Waals surface area contributed by atoms with Crippen LogP contribution >= 0.6 is 0 Å². The summed E-state index contributed by atoms with van der Waals surface area (Å²) in [5.74, 6) is -1.64. The average Bonchev–Trinajstić information content (AvgIpc) is 3.04. The number of nitrogens with one attached hydrogen (secondary N) is 1. The summed E-state index contributed by atoms with van der Waals surface area (Å²) in [5, 5.41) is 16.5. The minimum atomic E-state index is -1.04. The van der Waals surface area contributed by atoms with Crippen molar-refractivity contribution in [3.63, 3.8) is 0 Å². The Morgan fingerprint density at radius 3 is 2.73 bits per heavy atom. The summed E-state index contributed by atoms with van der Waals surface area (Å²) >= 11 is 0. The number of aromatic nitrogens is 2. The monoisotopic (exact) mass is 302 g/mol. The first-order chi connectivity index (χ1) is 10.3. The second-order valence-corrected chi connectivity index (χ2v) is 6.18. The Kier molecular flexibility index (Phi) is 3.09. The van der Waals surface area contributed by atoms with Gasteiger partial charge < -0.3 is 16.2 Å². The number of nitrogens with two attached hydrogens (primary N) is 1. The van der Waals surface area contributed by atoms with Crippen molar-refractivity contribution in [3.8, 4) is 0 Å². The molecule has 0 bridgehead atoms. The number of carboxylic acids is 1. The van der Waals surface area contributed by atoms with Crippen LogP contribution in [0, 0.1) is 5.41 Å². The molecule has 22 heavy (non-hydrogen) atoms. The maximum Gasteiger partial charge on any atom is 0.337 e. The van der Waals surface area contributed by atoms with Gasteiger partial charge in [0.15, 0.2) is 0 Å². The van der Waals surface area contributed by atoms with Gasteiger partial charge in [0, 0.05) is 12.2 Å². The van der Waals surface area contributed by atoms with Gasteiger partial charge in [0.2, 0.25) is 0 Å². The summed E-state index contributed by atoms with van der Waals surface area (Å²) < 4.78 is 1.44. The van der Waals surface area contributed by atoms with E-state index >= 15 is 0 Å². The topological polar surface area (TPSA) is 110 Å². The highest BCUT2D eigenvalue weighted by molar-refractivity contribution is 6.03. The number of fused-ring (bicyclic) bond motifs is 1. The van der Waals surface area contributed by atoms with E-state index in [1.165, 1.54) is 23.0 Å². The third kappa shape index (κ3) is 2.28. The molecule has 1 aliphatic rings. The number of primary amides is 1.